The van der Waals surface area contributed by atoms with Crippen LogP contribution in [-0.2, 0) is 13.6 Å². The van der Waals surface area contributed by atoms with Crippen LogP contribution in [0.1, 0.15) is 48.5 Å². The molecule has 0 N–H and O–H groups in total. The molecule has 7 heteroatoms. The normalized spacial score (nSPS) is 17.4. The number of benzene rings is 2. The van der Waals surface area contributed by atoms with Crippen molar-refractivity contribution in [1.82, 2.24) is 0 Å². The highest BCUT2D eigenvalue weighted by molar-refractivity contribution is 8.25. The van der Waals surface area contributed by atoms with Gasteiger partial charge in [-0.15, -0.1) is 23.5 Å². The van der Waals surface area contributed by atoms with Crippen LogP contribution in [0.15, 0.2) is 60.7 Å². The Labute approximate surface area is 188 Å². The highest BCUT2D eigenvalue weighted by Gasteiger charge is 2.58. The second-order valence-electron chi connectivity index (χ2n) is 6.97. The van der Waals surface area contributed by atoms with Crippen LogP contribution < -0.4 is 0 Å². The summed E-state index contributed by atoms with van der Waals surface area (Å²) in [5.74, 6) is 1.46. The van der Waals surface area contributed by atoms with Crippen molar-refractivity contribution in [3.05, 3.63) is 71.8 Å². The summed E-state index contributed by atoms with van der Waals surface area (Å²) in [4.78, 5) is 13.3. The highest BCUT2D eigenvalue weighted by Crippen LogP contribution is 2.76. The topological polar surface area (TPSA) is 52.6 Å². The molecule has 0 spiro atoms. The minimum Gasteiger partial charge on any atom is -0.307 e. The molecule has 1 unspecified atom stereocenters. The third-order valence-electron chi connectivity index (χ3n) is 5.01. The third-order valence-corrected chi connectivity index (χ3v) is 12.5. The predicted molar refractivity (Wildman–Crippen MR) is 128 cm³/mol. The zero-order valence-electron chi connectivity index (χ0n) is 17.5. The standard InChI is InChI=1S/C23H29O4PS2/c1-3-26-28(25,27-4-2)23(29-16-11-17-30-23)21(19-12-7-5-8-13-19)18-22(24)20-14-9-6-10-15-20/h5-10,12-15,21H,3-4,11,16-18H2,1-2H3. The van der Waals surface area contributed by atoms with E-state index < -0.39 is 11.4 Å². The average molecular weight is 465 g/mol. The van der Waals surface area contributed by atoms with Crippen LogP contribution in [0, 0.1) is 0 Å². The Morgan fingerprint density at radius 1 is 0.967 bits per heavy atom. The van der Waals surface area contributed by atoms with Gasteiger partial charge in [-0.05, 0) is 37.3 Å². The number of thioether (sulfide) groups is 2. The van der Waals surface area contributed by atoms with Gasteiger partial charge in [0.05, 0.1) is 13.2 Å². The summed E-state index contributed by atoms with van der Waals surface area (Å²) >= 11 is 3.27. The molecular formula is C23H29O4PS2. The third kappa shape index (κ3) is 5.05. The number of Topliss-reactive ketones (excluding diaryl/α,β-unsaturated/α-hetero) is 1. The largest absolute Gasteiger partial charge is 0.357 e. The monoisotopic (exact) mass is 464 g/mol. The van der Waals surface area contributed by atoms with Gasteiger partial charge in [-0.25, -0.2) is 0 Å². The van der Waals surface area contributed by atoms with E-state index in [1.165, 1.54) is 0 Å². The van der Waals surface area contributed by atoms with Crippen LogP contribution in [0.2, 0.25) is 0 Å². The van der Waals surface area contributed by atoms with Crippen LogP contribution in [0.4, 0.5) is 0 Å². The second kappa shape index (κ2) is 11.0. The van der Waals surface area contributed by atoms with E-state index in [9.17, 15) is 9.36 Å². The quantitative estimate of drug-likeness (QED) is 0.284. The van der Waals surface area contributed by atoms with E-state index in [0.717, 1.165) is 23.5 Å². The van der Waals surface area contributed by atoms with E-state index in [0.29, 0.717) is 18.8 Å². The number of hydrogen-bond donors (Lipinski definition) is 0. The summed E-state index contributed by atoms with van der Waals surface area (Å²) in [6.45, 7) is 4.27. The molecule has 0 bridgehead atoms. The van der Waals surface area contributed by atoms with E-state index in [1.54, 1.807) is 23.5 Å². The fourth-order valence-electron chi connectivity index (χ4n) is 3.71. The Hall–Kier alpha value is -1.04. The first-order valence-electron chi connectivity index (χ1n) is 10.4. The fourth-order valence-corrected chi connectivity index (χ4v) is 10.9. The van der Waals surface area contributed by atoms with E-state index in [4.69, 9.17) is 9.05 Å². The van der Waals surface area contributed by atoms with Gasteiger partial charge in [0.25, 0.3) is 0 Å². The summed E-state index contributed by atoms with van der Waals surface area (Å²) in [5, 5.41) is 0. The van der Waals surface area contributed by atoms with Crippen molar-refractivity contribution in [2.75, 3.05) is 24.7 Å². The van der Waals surface area contributed by atoms with Crippen molar-refractivity contribution in [2.24, 2.45) is 0 Å². The Bertz CT molecular complexity index is 844. The minimum absolute atomic E-state index is 0.0372. The molecule has 162 valence electrons. The molecule has 1 heterocycles. The van der Waals surface area contributed by atoms with Crippen LogP contribution in [0.5, 0.6) is 0 Å². The van der Waals surface area contributed by atoms with Crippen LogP contribution in [0.3, 0.4) is 0 Å². The second-order valence-corrected chi connectivity index (χ2v) is 12.7. The number of ketones is 1. The Morgan fingerprint density at radius 2 is 1.50 bits per heavy atom. The molecule has 1 fully saturated rings. The molecule has 30 heavy (non-hydrogen) atoms. The van der Waals surface area contributed by atoms with Gasteiger partial charge >= 0.3 is 7.60 Å². The molecule has 2 aromatic rings. The van der Waals surface area contributed by atoms with Gasteiger partial charge in [0.15, 0.2) is 9.60 Å². The number of carbonyl (C=O) groups excluding carboxylic acids is 1. The van der Waals surface area contributed by atoms with E-state index in [2.05, 4.69) is 0 Å². The summed E-state index contributed by atoms with van der Waals surface area (Å²) < 4.78 is 25.1. The first-order valence-corrected chi connectivity index (χ1v) is 13.9. The summed E-state index contributed by atoms with van der Waals surface area (Å²) in [6.07, 6.45) is 1.28. The first kappa shape index (κ1) is 23.6. The maximum Gasteiger partial charge on any atom is 0.357 e. The zero-order chi connectivity index (χ0) is 21.5. The summed E-state index contributed by atoms with van der Waals surface area (Å²) in [6, 6.07) is 19.2. The lowest BCUT2D eigenvalue weighted by atomic mass is 9.92. The molecule has 0 aromatic heterocycles. The molecule has 0 radical (unpaired) electrons. The van der Waals surface area contributed by atoms with Gasteiger partial charge in [0, 0.05) is 17.9 Å². The molecule has 1 aliphatic heterocycles. The SMILES string of the molecule is CCOP(=O)(OCC)C1(C(CC(=O)c2ccccc2)c2ccccc2)SCCCS1. The van der Waals surface area contributed by atoms with Gasteiger partial charge < -0.3 is 9.05 Å². The summed E-state index contributed by atoms with van der Waals surface area (Å²) in [7, 11) is -3.52. The van der Waals surface area contributed by atoms with E-state index >= 15 is 0 Å². The molecule has 2 aromatic carbocycles. The number of hydrogen-bond acceptors (Lipinski definition) is 6. The number of rotatable bonds is 10. The predicted octanol–water partition coefficient (Wildman–Crippen LogP) is 6.83. The molecular weight excluding hydrogens is 435 g/mol. The lowest BCUT2D eigenvalue weighted by Gasteiger charge is -2.45. The van der Waals surface area contributed by atoms with Crippen LogP contribution in [-0.4, -0.2) is 34.3 Å². The highest BCUT2D eigenvalue weighted by atomic mass is 32.2. The maximum atomic E-state index is 14.2. The smallest absolute Gasteiger partial charge is 0.307 e. The van der Waals surface area contributed by atoms with Crippen LogP contribution in [0.25, 0.3) is 0 Å². The van der Waals surface area contributed by atoms with E-state index in [1.807, 2.05) is 74.5 Å². The average Bonchev–Trinajstić information content (AvgIpc) is 2.79. The Balaban J connectivity index is 2.10. The van der Waals surface area contributed by atoms with Gasteiger partial charge in [-0.3, -0.25) is 9.36 Å². The first-order chi connectivity index (χ1) is 14.6. The Kier molecular flexibility index (Phi) is 8.67. The molecule has 1 saturated heterocycles. The van der Waals surface area contributed by atoms with Crippen molar-refractivity contribution in [3.63, 3.8) is 0 Å². The van der Waals surface area contributed by atoms with Crippen molar-refractivity contribution < 1.29 is 18.4 Å². The molecule has 1 aliphatic rings. The van der Waals surface area contributed by atoms with Crippen molar-refractivity contribution in [3.8, 4) is 0 Å². The lowest BCUT2D eigenvalue weighted by Crippen LogP contribution is -2.36. The molecule has 3 rings (SSSR count). The molecule has 0 aliphatic carbocycles. The molecule has 1 atom stereocenters. The van der Waals surface area contributed by atoms with E-state index in [-0.39, 0.29) is 18.1 Å². The zero-order valence-corrected chi connectivity index (χ0v) is 20.0. The Morgan fingerprint density at radius 3 is 2.03 bits per heavy atom. The van der Waals surface area contributed by atoms with Gasteiger partial charge in [-0.1, -0.05) is 60.7 Å². The fraction of sp³-hybridized carbons (Fsp3) is 0.435. The van der Waals surface area contributed by atoms with Gasteiger partial charge in [-0.2, -0.15) is 0 Å². The van der Waals surface area contributed by atoms with Crippen LogP contribution >= 0.6 is 31.1 Å². The number of carbonyl (C=O) groups is 1. The van der Waals surface area contributed by atoms with Gasteiger partial charge in [0.2, 0.25) is 0 Å². The van der Waals surface area contributed by atoms with Gasteiger partial charge in [0.1, 0.15) is 0 Å². The van der Waals surface area contributed by atoms with Crippen molar-refractivity contribution >= 4 is 36.9 Å². The molecule has 0 saturated carbocycles. The van der Waals surface area contributed by atoms with Crippen molar-refractivity contribution in [1.29, 1.82) is 0 Å². The molecule has 0 amide bonds. The lowest BCUT2D eigenvalue weighted by molar-refractivity contribution is 0.0973. The minimum atomic E-state index is -3.52. The maximum absolute atomic E-state index is 14.2. The van der Waals surface area contributed by atoms with Crippen molar-refractivity contribution in [2.45, 2.75) is 36.4 Å². The molecule has 4 nitrogen and oxygen atoms in total. The summed E-state index contributed by atoms with van der Waals surface area (Å²) in [5.41, 5.74) is 1.66.